The molecule has 3 N–H and O–H groups in total. The first kappa shape index (κ1) is 13.3. The smallest absolute Gasteiger partial charge is 0.256 e. The molecule has 1 rings (SSSR count). The third-order valence-electron chi connectivity index (χ3n) is 2.56. The standard InChI is InChI=1S/C13H18N2O2/c1-3-7-15(8-9-16)13(17)11-6-4-5-10(2)12(11)14/h3-6,16H,1,7-9,14H2,2H3. The van der Waals surface area contributed by atoms with Crippen LogP contribution < -0.4 is 5.73 Å². The van der Waals surface area contributed by atoms with Crippen LogP contribution in [0.4, 0.5) is 5.69 Å². The molecule has 4 heteroatoms. The van der Waals surface area contributed by atoms with Gasteiger partial charge in [0.05, 0.1) is 12.2 Å². The van der Waals surface area contributed by atoms with E-state index >= 15 is 0 Å². The van der Waals surface area contributed by atoms with Gasteiger partial charge in [0.2, 0.25) is 0 Å². The maximum Gasteiger partial charge on any atom is 0.256 e. The maximum atomic E-state index is 12.2. The van der Waals surface area contributed by atoms with Crippen molar-refractivity contribution in [3.05, 3.63) is 42.0 Å². The number of aliphatic hydroxyl groups is 1. The van der Waals surface area contributed by atoms with E-state index in [0.717, 1.165) is 5.56 Å². The fourth-order valence-electron chi connectivity index (χ4n) is 1.59. The number of aryl methyl sites for hydroxylation is 1. The van der Waals surface area contributed by atoms with E-state index in [-0.39, 0.29) is 19.1 Å². The molecule has 0 heterocycles. The van der Waals surface area contributed by atoms with Gasteiger partial charge in [0.15, 0.2) is 0 Å². The summed E-state index contributed by atoms with van der Waals surface area (Å²) < 4.78 is 0. The van der Waals surface area contributed by atoms with Crippen molar-refractivity contribution < 1.29 is 9.90 Å². The molecular weight excluding hydrogens is 216 g/mol. The summed E-state index contributed by atoms with van der Waals surface area (Å²) in [5, 5.41) is 8.92. The van der Waals surface area contributed by atoms with E-state index < -0.39 is 0 Å². The molecule has 0 radical (unpaired) electrons. The third kappa shape index (κ3) is 3.07. The summed E-state index contributed by atoms with van der Waals surface area (Å²) in [6.45, 7) is 6.04. The maximum absolute atomic E-state index is 12.2. The number of nitrogens with two attached hydrogens (primary N) is 1. The van der Waals surface area contributed by atoms with Crippen LogP contribution in [0.3, 0.4) is 0 Å². The van der Waals surface area contributed by atoms with Gasteiger partial charge < -0.3 is 15.7 Å². The second kappa shape index (κ2) is 6.06. The Hall–Kier alpha value is -1.81. The summed E-state index contributed by atoms with van der Waals surface area (Å²) in [6.07, 6.45) is 1.62. The van der Waals surface area contributed by atoms with Crippen molar-refractivity contribution in [2.75, 3.05) is 25.4 Å². The minimum atomic E-state index is -0.180. The first-order valence-corrected chi connectivity index (χ1v) is 5.48. The quantitative estimate of drug-likeness (QED) is 0.594. The fourth-order valence-corrected chi connectivity index (χ4v) is 1.59. The van der Waals surface area contributed by atoms with Crippen molar-refractivity contribution in [2.45, 2.75) is 6.92 Å². The van der Waals surface area contributed by atoms with Gasteiger partial charge in [-0.25, -0.2) is 0 Å². The predicted octanol–water partition coefficient (Wildman–Crippen LogP) is 1.20. The number of aliphatic hydroxyl groups excluding tert-OH is 1. The molecule has 0 fully saturated rings. The van der Waals surface area contributed by atoms with E-state index in [1.54, 1.807) is 18.2 Å². The second-order valence-corrected chi connectivity index (χ2v) is 3.80. The van der Waals surface area contributed by atoms with Crippen molar-refractivity contribution >= 4 is 11.6 Å². The van der Waals surface area contributed by atoms with Crippen LogP contribution in [-0.2, 0) is 0 Å². The third-order valence-corrected chi connectivity index (χ3v) is 2.56. The lowest BCUT2D eigenvalue weighted by Gasteiger charge is -2.21. The Morgan fingerprint density at radius 3 is 2.88 bits per heavy atom. The molecule has 0 aliphatic heterocycles. The van der Waals surface area contributed by atoms with Gasteiger partial charge in [-0.15, -0.1) is 6.58 Å². The Labute approximate surface area is 101 Å². The molecule has 1 amide bonds. The zero-order chi connectivity index (χ0) is 12.8. The minimum Gasteiger partial charge on any atom is -0.398 e. The average molecular weight is 234 g/mol. The minimum absolute atomic E-state index is 0.0781. The number of anilines is 1. The van der Waals surface area contributed by atoms with Crippen molar-refractivity contribution in [1.82, 2.24) is 4.90 Å². The average Bonchev–Trinajstić information content (AvgIpc) is 2.31. The molecule has 0 aliphatic carbocycles. The zero-order valence-electron chi connectivity index (χ0n) is 10.0. The summed E-state index contributed by atoms with van der Waals surface area (Å²) in [5.74, 6) is -0.180. The molecule has 1 aromatic carbocycles. The van der Waals surface area contributed by atoms with Crippen LogP contribution in [0, 0.1) is 6.92 Å². The molecule has 0 atom stereocenters. The van der Waals surface area contributed by atoms with Crippen molar-refractivity contribution in [1.29, 1.82) is 0 Å². The van der Waals surface area contributed by atoms with Gasteiger partial charge in [-0.2, -0.15) is 0 Å². The number of carbonyl (C=O) groups excluding carboxylic acids is 1. The predicted molar refractivity (Wildman–Crippen MR) is 68.8 cm³/mol. The van der Waals surface area contributed by atoms with Crippen molar-refractivity contribution in [3.8, 4) is 0 Å². The van der Waals surface area contributed by atoms with Crippen LogP contribution >= 0.6 is 0 Å². The van der Waals surface area contributed by atoms with Gasteiger partial charge in [-0.05, 0) is 18.6 Å². The fraction of sp³-hybridized carbons (Fsp3) is 0.308. The Bertz CT molecular complexity index is 416. The van der Waals surface area contributed by atoms with E-state index in [0.29, 0.717) is 17.8 Å². The van der Waals surface area contributed by atoms with E-state index in [9.17, 15) is 4.79 Å². The SMILES string of the molecule is C=CCN(CCO)C(=O)c1cccc(C)c1N. The van der Waals surface area contributed by atoms with Gasteiger partial charge in [-0.1, -0.05) is 18.2 Å². The first-order valence-electron chi connectivity index (χ1n) is 5.48. The number of benzene rings is 1. The summed E-state index contributed by atoms with van der Waals surface area (Å²) in [7, 11) is 0. The van der Waals surface area contributed by atoms with Crippen LogP contribution in [0.2, 0.25) is 0 Å². The number of hydrogen-bond donors (Lipinski definition) is 2. The summed E-state index contributed by atoms with van der Waals surface area (Å²) in [6, 6.07) is 5.35. The van der Waals surface area contributed by atoms with Gasteiger partial charge >= 0.3 is 0 Å². The van der Waals surface area contributed by atoms with Crippen molar-refractivity contribution in [3.63, 3.8) is 0 Å². The lowest BCUT2D eigenvalue weighted by Crippen LogP contribution is -2.34. The van der Waals surface area contributed by atoms with E-state index in [4.69, 9.17) is 10.8 Å². The van der Waals surface area contributed by atoms with Gasteiger partial charge in [-0.3, -0.25) is 4.79 Å². The summed E-state index contributed by atoms with van der Waals surface area (Å²) in [4.78, 5) is 13.7. The number of nitrogen functional groups attached to an aromatic ring is 1. The number of amides is 1. The molecular formula is C13H18N2O2. The summed E-state index contributed by atoms with van der Waals surface area (Å²) >= 11 is 0. The molecule has 0 spiro atoms. The van der Waals surface area contributed by atoms with Gasteiger partial charge in [0.1, 0.15) is 0 Å². The molecule has 0 saturated heterocycles. The normalized spacial score (nSPS) is 10.0. The Kier molecular flexibility index (Phi) is 4.72. The second-order valence-electron chi connectivity index (χ2n) is 3.80. The van der Waals surface area contributed by atoms with Crippen LogP contribution in [0.5, 0.6) is 0 Å². The largest absolute Gasteiger partial charge is 0.398 e. The highest BCUT2D eigenvalue weighted by molar-refractivity contribution is 5.99. The van der Waals surface area contributed by atoms with Crippen LogP contribution in [0.1, 0.15) is 15.9 Å². The topological polar surface area (TPSA) is 66.6 Å². The molecule has 0 bridgehead atoms. The van der Waals surface area contributed by atoms with E-state index in [2.05, 4.69) is 6.58 Å². The molecule has 1 aromatic rings. The number of para-hydroxylation sites is 1. The monoisotopic (exact) mass is 234 g/mol. The molecule has 17 heavy (non-hydrogen) atoms. The highest BCUT2D eigenvalue weighted by atomic mass is 16.3. The molecule has 0 aromatic heterocycles. The van der Waals surface area contributed by atoms with E-state index in [1.807, 2.05) is 13.0 Å². The molecule has 4 nitrogen and oxygen atoms in total. The molecule has 92 valence electrons. The van der Waals surface area contributed by atoms with Gasteiger partial charge in [0.25, 0.3) is 5.91 Å². The lowest BCUT2D eigenvalue weighted by atomic mass is 10.1. The Morgan fingerprint density at radius 1 is 1.59 bits per heavy atom. The highest BCUT2D eigenvalue weighted by Crippen LogP contribution is 2.18. The zero-order valence-corrected chi connectivity index (χ0v) is 10.0. The van der Waals surface area contributed by atoms with Crippen LogP contribution in [0.25, 0.3) is 0 Å². The molecule has 0 saturated carbocycles. The number of nitrogens with zero attached hydrogens (tertiary/aromatic N) is 1. The Balaban J connectivity index is 3.00. The number of rotatable bonds is 5. The summed E-state index contributed by atoms with van der Waals surface area (Å²) in [5.41, 5.74) is 7.71. The van der Waals surface area contributed by atoms with Gasteiger partial charge in [0, 0.05) is 18.8 Å². The highest BCUT2D eigenvalue weighted by Gasteiger charge is 2.17. The number of hydrogen-bond acceptors (Lipinski definition) is 3. The number of carbonyl (C=O) groups is 1. The Morgan fingerprint density at radius 2 is 2.29 bits per heavy atom. The van der Waals surface area contributed by atoms with Crippen LogP contribution in [-0.4, -0.2) is 35.6 Å². The lowest BCUT2D eigenvalue weighted by molar-refractivity contribution is 0.0744. The van der Waals surface area contributed by atoms with Crippen LogP contribution in [0.15, 0.2) is 30.9 Å². The van der Waals surface area contributed by atoms with E-state index in [1.165, 1.54) is 4.90 Å². The van der Waals surface area contributed by atoms with Crippen molar-refractivity contribution in [2.24, 2.45) is 0 Å². The molecule has 0 aliphatic rings. The molecule has 0 unspecified atom stereocenters. The first-order chi connectivity index (χ1) is 8.11.